The lowest BCUT2D eigenvalue weighted by atomic mass is 9.86. The minimum absolute atomic E-state index is 0.164. The van der Waals surface area contributed by atoms with Gasteiger partial charge in [0.05, 0.1) is 28.9 Å². The van der Waals surface area contributed by atoms with Gasteiger partial charge in [-0.1, -0.05) is 11.3 Å². The van der Waals surface area contributed by atoms with Crippen molar-refractivity contribution < 1.29 is 0 Å². The zero-order valence-corrected chi connectivity index (χ0v) is 14.8. The summed E-state index contributed by atoms with van der Waals surface area (Å²) >= 11 is 1.45. The van der Waals surface area contributed by atoms with E-state index in [4.69, 9.17) is 10.7 Å². The van der Waals surface area contributed by atoms with Crippen LogP contribution in [0.25, 0.3) is 32.8 Å². The highest BCUT2D eigenvalue weighted by molar-refractivity contribution is 7.18. The molecule has 0 atom stereocenters. The van der Waals surface area contributed by atoms with Gasteiger partial charge in [0.2, 0.25) is 0 Å². The second kappa shape index (κ2) is 5.81. The fraction of sp³-hybridized carbons (Fsp3) is 0.333. The van der Waals surface area contributed by atoms with Crippen LogP contribution in [-0.4, -0.2) is 24.5 Å². The van der Waals surface area contributed by atoms with Gasteiger partial charge < -0.3 is 15.3 Å². The van der Waals surface area contributed by atoms with E-state index in [9.17, 15) is 5.26 Å². The molecule has 0 aromatic carbocycles. The van der Waals surface area contributed by atoms with Crippen molar-refractivity contribution in [3.8, 4) is 16.8 Å². The van der Waals surface area contributed by atoms with Crippen molar-refractivity contribution in [1.29, 1.82) is 5.26 Å². The number of rotatable bonds is 2. The maximum absolute atomic E-state index is 9.23. The Bertz CT molecular complexity index is 1140. The Labute approximate surface area is 153 Å². The van der Waals surface area contributed by atoms with Crippen LogP contribution in [0.1, 0.15) is 31.7 Å². The highest BCUT2D eigenvalue weighted by Gasteiger charge is 2.27. The molecule has 0 amide bonds. The molecule has 1 saturated carbocycles. The maximum Gasteiger partial charge on any atom is 0.180 e. The second-order valence-electron chi connectivity index (χ2n) is 6.73. The van der Waals surface area contributed by atoms with Crippen LogP contribution in [0.5, 0.6) is 0 Å². The number of nitrogen functional groups attached to an aromatic ring is 1. The highest BCUT2D eigenvalue weighted by atomic mass is 32.1. The summed E-state index contributed by atoms with van der Waals surface area (Å²) < 4.78 is 2.33. The summed E-state index contributed by atoms with van der Waals surface area (Å²) in [6.07, 6.45) is 9.31. The van der Waals surface area contributed by atoms with Crippen molar-refractivity contribution in [2.75, 3.05) is 5.73 Å². The van der Waals surface area contributed by atoms with Gasteiger partial charge in [-0.05, 0) is 31.7 Å². The zero-order chi connectivity index (χ0) is 17.7. The molecule has 0 radical (unpaired) electrons. The Hall–Kier alpha value is -2.92. The predicted octanol–water partition coefficient (Wildman–Crippen LogP) is 3.87. The van der Waals surface area contributed by atoms with Crippen LogP contribution in [0.2, 0.25) is 0 Å². The van der Waals surface area contributed by atoms with Crippen LogP contribution < -0.4 is 5.73 Å². The summed E-state index contributed by atoms with van der Waals surface area (Å²) in [5.41, 5.74) is 8.70. The molecule has 4 aromatic rings. The minimum atomic E-state index is 0.164. The van der Waals surface area contributed by atoms with Gasteiger partial charge in [0, 0.05) is 23.5 Å². The average Bonchev–Trinajstić information content (AvgIpc) is 3.38. The lowest BCUT2D eigenvalue weighted by Crippen LogP contribution is -2.18. The number of aromatic nitrogens is 5. The summed E-state index contributed by atoms with van der Waals surface area (Å²) in [6, 6.07) is 4.78. The predicted molar refractivity (Wildman–Crippen MR) is 102 cm³/mol. The molecule has 1 aliphatic rings. The van der Waals surface area contributed by atoms with Crippen LogP contribution in [-0.2, 0) is 0 Å². The van der Waals surface area contributed by atoms with Gasteiger partial charge in [-0.2, -0.15) is 5.26 Å². The first-order valence-corrected chi connectivity index (χ1v) is 9.51. The molecule has 5 rings (SSSR count). The Morgan fingerprint density at radius 1 is 1.23 bits per heavy atom. The number of hydrogen-bond donors (Lipinski definition) is 2. The molecule has 4 heterocycles. The molecule has 0 bridgehead atoms. The molecule has 8 heteroatoms. The van der Waals surface area contributed by atoms with Crippen LogP contribution in [0.4, 0.5) is 5.13 Å². The van der Waals surface area contributed by atoms with E-state index in [0.717, 1.165) is 58.5 Å². The van der Waals surface area contributed by atoms with Crippen LogP contribution >= 0.6 is 11.3 Å². The van der Waals surface area contributed by atoms with E-state index in [1.807, 2.05) is 12.4 Å². The lowest BCUT2D eigenvalue weighted by molar-refractivity contribution is 0.320. The standard InChI is InChI=1S/C18H17N7S/c19-7-10-1-3-11(4-2-10)25-15-12-5-6-21-16(12)22-8-13(15)24-17(25)14-9-23-18(20)26-14/h5-6,8-11H,1-4H2,(H2,20,23)(H,21,22). The van der Waals surface area contributed by atoms with E-state index in [1.54, 1.807) is 6.20 Å². The van der Waals surface area contributed by atoms with Gasteiger partial charge in [-0.3, -0.25) is 0 Å². The maximum atomic E-state index is 9.23. The monoisotopic (exact) mass is 363 g/mol. The summed E-state index contributed by atoms with van der Waals surface area (Å²) in [5.74, 6) is 1.06. The summed E-state index contributed by atoms with van der Waals surface area (Å²) in [7, 11) is 0. The van der Waals surface area contributed by atoms with Crippen molar-refractivity contribution in [2.45, 2.75) is 31.7 Å². The summed E-state index contributed by atoms with van der Waals surface area (Å²) in [4.78, 5) is 17.7. The van der Waals surface area contributed by atoms with E-state index in [-0.39, 0.29) is 5.92 Å². The number of imidazole rings is 1. The number of aromatic amines is 1. The van der Waals surface area contributed by atoms with E-state index in [0.29, 0.717) is 11.2 Å². The third kappa shape index (κ3) is 2.28. The second-order valence-corrected chi connectivity index (χ2v) is 7.80. The highest BCUT2D eigenvalue weighted by Crippen LogP contribution is 2.40. The fourth-order valence-electron chi connectivity index (χ4n) is 3.98. The SMILES string of the molecule is N#CC1CCC(n2c(-c3cnc(N)s3)nc3cnc4[nH]ccc4c32)CC1. The Morgan fingerprint density at radius 2 is 2.08 bits per heavy atom. The number of nitrogens with one attached hydrogen (secondary N) is 1. The third-order valence-electron chi connectivity index (χ3n) is 5.22. The van der Waals surface area contributed by atoms with Gasteiger partial charge in [0.1, 0.15) is 11.2 Å². The average molecular weight is 363 g/mol. The molecule has 3 N–H and O–H groups in total. The molecule has 4 aromatic heterocycles. The number of fused-ring (bicyclic) bond motifs is 3. The smallest absolute Gasteiger partial charge is 0.180 e. The molecule has 7 nitrogen and oxygen atoms in total. The molecular formula is C18H17N7S. The molecule has 26 heavy (non-hydrogen) atoms. The number of anilines is 1. The van der Waals surface area contributed by atoms with Gasteiger partial charge in [0.25, 0.3) is 0 Å². The largest absolute Gasteiger partial charge is 0.375 e. The van der Waals surface area contributed by atoms with Gasteiger partial charge in [0.15, 0.2) is 11.0 Å². The molecular weight excluding hydrogens is 346 g/mol. The molecule has 130 valence electrons. The minimum Gasteiger partial charge on any atom is -0.375 e. The number of nitrogens with two attached hydrogens (primary N) is 1. The Kier molecular flexibility index (Phi) is 3.43. The van der Waals surface area contributed by atoms with Gasteiger partial charge >= 0.3 is 0 Å². The van der Waals surface area contributed by atoms with E-state index < -0.39 is 0 Å². The molecule has 0 spiro atoms. The Morgan fingerprint density at radius 3 is 2.81 bits per heavy atom. The van der Waals surface area contributed by atoms with Crippen molar-refractivity contribution in [1.82, 2.24) is 24.5 Å². The first kappa shape index (κ1) is 15.3. The van der Waals surface area contributed by atoms with Crippen LogP contribution in [0.3, 0.4) is 0 Å². The first-order valence-electron chi connectivity index (χ1n) is 8.70. The van der Waals surface area contributed by atoms with Crippen molar-refractivity contribution in [2.24, 2.45) is 5.92 Å². The normalized spacial score (nSPS) is 20.6. The Balaban J connectivity index is 1.75. The lowest BCUT2D eigenvalue weighted by Gasteiger charge is -2.27. The summed E-state index contributed by atoms with van der Waals surface area (Å²) in [5, 5.41) is 10.8. The number of nitrogens with zero attached hydrogens (tertiary/aromatic N) is 5. The quantitative estimate of drug-likeness (QED) is 0.562. The first-order chi connectivity index (χ1) is 12.7. The number of thiazole rings is 1. The van der Waals surface area contributed by atoms with Crippen molar-refractivity contribution in [3.63, 3.8) is 0 Å². The van der Waals surface area contributed by atoms with Gasteiger partial charge in [-0.15, -0.1) is 0 Å². The molecule has 0 saturated heterocycles. The van der Waals surface area contributed by atoms with Gasteiger partial charge in [-0.25, -0.2) is 15.0 Å². The fourth-order valence-corrected chi connectivity index (χ4v) is 4.65. The van der Waals surface area contributed by atoms with Crippen molar-refractivity contribution >= 4 is 38.5 Å². The third-order valence-corrected chi connectivity index (χ3v) is 6.05. The van der Waals surface area contributed by atoms with E-state index in [2.05, 4.69) is 31.7 Å². The van der Waals surface area contributed by atoms with Crippen LogP contribution in [0, 0.1) is 17.2 Å². The summed E-state index contributed by atoms with van der Waals surface area (Å²) in [6.45, 7) is 0. The van der Waals surface area contributed by atoms with E-state index >= 15 is 0 Å². The zero-order valence-electron chi connectivity index (χ0n) is 14.0. The number of nitriles is 1. The topological polar surface area (TPSA) is 109 Å². The number of hydrogen-bond acceptors (Lipinski definition) is 6. The number of pyridine rings is 1. The molecule has 0 unspecified atom stereocenters. The number of H-pyrrole nitrogens is 1. The molecule has 1 fully saturated rings. The molecule has 0 aliphatic heterocycles. The molecule has 1 aliphatic carbocycles. The van der Waals surface area contributed by atoms with Crippen LogP contribution in [0.15, 0.2) is 24.7 Å². The van der Waals surface area contributed by atoms with E-state index in [1.165, 1.54) is 11.3 Å². The van der Waals surface area contributed by atoms with Crippen molar-refractivity contribution in [3.05, 3.63) is 24.7 Å².